The summed E-state index contributed by atoms with van der Waals surface area (Å²) in [6.07, 6.45) is 2.27. The maximum atomic E-state index is 9.31. The van der Waals surface area contributed by atoms with E-state index < -0.39 is 0 Å². The van der Waals surface area contributed by atoms with Crippen LogP contribution in [-0.2, 0) is 0 Å². The van der Waals surface area contributed by atoms with Gasteiger partial charge in [0, 0.05) is 12.6 Å². The third-order valence-electron chi connectivity index (χ3n) is 2.78. The number of hydrogen-bond acceptors (Lipinski definition) is 2. The smallest absolute Gasteiger partial charge is 0.0596 e. The van der Waals surface area contributed by atoms with Crippen molar-refractivity contribution in [3.05, 3.63) is 0 Å². The second kappa shape index (κ2) is 1.70. The van der Waals surface area contributed by atoms with Crippen LogP contribution in [0.1, 0.15) is 12.8 Å². The molecule has 2 heteroatoms. The molecule has 2 aliphatic rings. The fourth-order valence-electron chi connectivity index (χ4n) is 2.15. The minimum absolute atomic E-state index is 0.0196. The van der Waals surface area contributed by atoms with E-state index in [1.165, 1.54) is 6.42 Å². The van der Waals surface area contributed by atoms with Crippen LogP contribution in [0.5, 0.6) is 0 Å². The predicted octanol–water partition coefficient (Wildman–Crippen LogP) is 0.0713. The van der Waals surface area contributed by atoms with Crippen molar-refractivity contribution in [1.29, 1.82) is 0 Å². The van der Waals surface area contributed by atoms with Crippen molar-refractivity contribution in [3.63, 3.8) is 0 Å². The van der Waals surface area contributed by atoms with E-state index in [1.54, 1.807) is 0 Å². The van der Waals surface area contributed by atoms with Gasteiger partial charge in [0.05, 0.1) is 6.10 Å². The van der Waals surface area contributed by atoms with E-state index in [2.05, 4.69) is 11.9 Å². The summed E-state index contributed by atoms with van der Waals surface area (Å²) in [6, 6.07) is 0.699. The Morgan fingerprint density at radius 3 is 2.56 bits per heavy atom. The average molecular weight is 127 g/mol. The van der Waals surface area contributed by atoms with Gasteiger partial charge in [0.2, 0.25) is 0 Å². The van der Waals surface area contributed by atoms with E-state index in [1.807, 2.05) is 0 Å². The lowest BCUT2D eigenvalue weighted by atomic mass is 10.1. The number of aliphatic hydroxyl groups is 1. The lowest BCUT2D eigenvalue weighted by Crippen LogP contribution is -2.34. The van der Waals surface area contributed by atoms with Crippen molar-refractivity contribution in [2.24, 2.45) is 5.92 Å². The molecule has 1 N–H and O–H groups in total. The van der Waals surface area contributed by atoms with Crippen molar-refractivity contribution in [1.82, 2.24) is 4.90 Å². The number of aliphatic hydroxyl groups excluding tert-OH is 1. The van der Waals surface area contributed by atoms with Crippen LogP contribution in [0.4, 0.5) is 0 Å². The van der Waals surface area contributed by atoms with Crippen LogP contribution in [-0.4, -0.2) is 35.7 Å². The molecule has 0 unspecified atom stereocenters. The highest BCUT2D eigenvalue weighted by Crippen LogP contribution is 2.36. The van der Waals surface area contributed by atoms with Crippen LogP contribution < -0.4 is 0 Å². The monoisotopic (exact) mass is 127 g/mol. The Hall–Kier alpha value is -0.0800. The Balaban J connectivity index is 2.10. The molecule has 0 spiro atoms. The van der Waals surface area contributed by atoms with Crippen molar-refractivity contribution in [3.8, 4) is 0 Å². The summed E-state index contributed by atoms with van der Waals surface area (Å²) in [7, 11) is 2.15. The molecule has 0 aromatic rings. The molecular formula is C7H13NO. The van der Waals surface area contributed by atoms with E-state index in [0.29, 0.717) is 12.0 Å². The highest BCUT2D eigenvalue weighted by molar-refractivity contribution is 4.95. The van der Waals surface area contributed by atoms with E-state index in [-0.39, 0.29) is 6.10 Å². The molecule has 3 atom stereocenters. The van der Waals surface area contributed by atoms with E-state index >= 15 is 0 Å². The van der Waals surface area contributed by atoms with Gasteiger partial charge in [-0.25, -0.2) is 0 Å². The van der Waals surface area contributed by atoms with Gasteiger partial charge in [0.15, 0.2) is 0 Å². The topological polar surface area (TPSA) is 23.5 Å². The highest BCUT2D eigenvalue weighted by atomic mass is 16.3. The first kappa shape index (κ1) is 5.69. The SMILES string of the molecule is CN1C[C@H]2C[C@H]1C[C@@H]2O. The van der Waals surface area contributed by atoms with Gasteiger partial charge in [0.25, 0.3) is 0 Å². The molecule has 1 saturated carbocycles. The molecule has 2 nitrogen and oxygen atoms in total. The van der Waals surface area contributed by atoms with Crippen LogP contribution in [0.15, 0.2) is 0 Å². The normalized spacial score (nSPS) is 50.7. The molecule has 0 aromatic heterocycles. The molecule has 2 rings (SSSR count). The average Bonchev–Trinajstić information content (AvgIpc) is 2.24. The van der Waals surface area contributed by atoms with E-state index in [0.717, 1.165) is 13.0 Å². The molecule has 0 radical (unpaired) electrons. The largest absolute Gasteiger partial charge is 0.393 e. The first-order chi connectivity index (χ1) is 4.27. The zero-order chi connectivity index (χ0) is 6.43. The lowest BCUT2D eigenvalue weighted by Gasteiger charge is -2.24. The maximum Gasteiger partial charge on any atom is 0.0596 e. The Labute approximate surface area is 55.5 Å². The fraction of sp³-hybridized carbons (Fsp3) is 1.00. The number of hydrogen-bond donors (Lipinski definition) is 1. The lowest BCUT2D eigenvalue weighted by molar-refractivity contribution is 0.0848. The third kappa shape index (κ3) is 0.700. The molecule has 1 aliphatic heterocycles. The molecule has 2 bridgehead atoms. The van der Waals surface area contributed by atoms with Crippen LogP contribution in [0.25, 0.3) is 0 Å². The second-order valence-corrected chi connectivity index (χ2v) is 3.39. The van der Waals surface area contributed by atoms with E-state index in [9.17, 15) is 5.11 Å². The van der Waals surface area contributed by atoms with Gasteiger partial charge in [-0.2, -0.15) is 0 Å². The molecule has 0 aromatic carbocycles. The summed E-state index contributed by atoms with van der Waals surface area (Å²) >= 11 is 0. The number of rotatable bonds is 0. The summed E-state index contributed by atoms with van der Waals surface area (Å²) in [4.78, 5) is 2.36. The zero-order valence-electron chi connectivity index (χ0n) is 5.75. The van der Waals surface area contributed by atoms with Gasteiger partial charge in [0.1, 0.15) is 0 Å². The highest BCUT2D eigenvalue weighted by Gasteiger charge is 2.41. The van der Waals surface area contributed by atoms with Crippen LogP contribution in [0.2, 0.25) is 0 Å². The third-order valence-corrected chi connectivity index (χ3v) is 2.78. The summed E-state index contributed by atoms with van der Waals surface area (Å²) in [5, 5.41) is 9.31. The second-order valence-electron chi connectivity index (χ2n) is 3.39. The summed E-state index contributed by atoms with van der Waals surface area (Å²) in [5.74, 6) is 0.597. The summed E-state index contributed by atoms with van der Waals surface area (Å²) in [5.41, 5.74) is 0. The Morgan fingerprint density at radius 1 is 1.44 bits per heavy atom. The zero-order valence-corrected chi connectivity index (χ0v) is 5.75. The fourth-order valence-corrected chi connectivity index (χ4v) is 2.15. The minimum Gasteiger partial charge on any atom is -0.393 e. The molecular weight excluding hydrogens is 114 g/mol. The van der Waals surface area contributed by atoms with Gasteiger partial charge in [-0.1, -0.05) is 0 Å². The van der Waals surface area contributed by atoms with Crippen molar-refractivity contribution < 1.29 is 5.11 Å². The van der Waals surface area contributed by atoms with Crippen molar-refractivity contribution in [2.75, 3.05) is 13.6 Å². The van der Waals surface area contributed by atoms with Gasteiger partial charge in [-0.3, -0.25) is 0 Å². The van der Waals surface area contributed by atoms with Gasteiger partial charge in [-0.15, -0.1) is 0 Å². The van der Waals surface area contributed by atoms with Gasteiger partial charge < -0.3 is 10.0 Å². The van der Waals surface area contributed by atoms with Crippen molar-refractivity contribution >= 4 is 0 Å². The van der Waals surface area contributed by atoms with Crippen LogP contribution in [0, 0.1) is 5.92 Å². The van der Waals surface area contributed by atoms with Gasteiger partial charge in [-0.05, 0) is 25.8 Å². The molecule has 0 amide bonds. The summed E-state index contributed by atoms with van der Waals surface area (Å²) < 4.78 is 0. The number of fused-ring (bicyclic) bond motifs is 2. The number of piperidine rings is 1. The molecule has 2 fully saturated rings. The van der Waals surface area contributed by atoms with E-state index in [4.69, 9.17) is 0 Å². The molecule has 9 heavy (non-hydrogen) atoms. The number of likely N-dealkylation sites (tertiary alicyclic amines) is 1. The quantitative estimate of drug-likeness (QED) is 0.498. The molecule has 1 saturated heterocycles. The maximum absolute atomic E-state index is 9.31. The first-order valence-corrected chi connectivity index (χ1v) is 3.65. The Kier molecular flexibility index (Phi) is 1.08. The minimum atomic E-state index is 0.0196. The predicted molar refractivity (Wildman–Crippen MR) is 35.1 cm³/mol. The molecule has 1 aliphatic carbocycles. The van der Waals surface area contributed by atoms with Gasteiger partial charge >= 0.3 is 0 Å². The summed E-state index contributed by atoms with van der Waals surface area (Å²) in [6.45, 7) is 1.12. The molecule has 1 heterocycles. The Bertz CT molecular complexity index is 108. The number of nitrogens with zero attached hydrogens (tertiary/aromatic N) is 1. The van der Waals surface area contributed by atoms with Crippen molar-refractivity contribution in [2.45, 2.75) is 25.0 Å². The standard InChI is InChI=1S/C7H13NO/c1-8-4-5-2-6(8)3-7(5)9/h5-7,9H,2-4H2,1H3/t5-,6+,7+/m1/s1. The van der Waals surface area contributed by atoms with Crippen LogP contribution >= 0.6 is 0 Å². The first-order valence-electron chi connectivity index (χ1n) is 3.65. The molecule has 52 valence electrons. The van der Waals surface area contributed by atoms with Crippen LogP contribution in [0.3, 0.4) is 0 Å². The Morgan fingerprint density at radius 2 is 2.22 bits per heavy atom.